The van der Waals surface area contributed by atoms with Gasteiger partial charge in [-0.3, -0.25) is 4.79 Å². The van der Waals surface area contributed by atoms with Crippen LogP contribution in [0.3, 0.4) is 0 Å². The van der Waals surface area contributed by atoms with Crippen molar-refractivity contribution in [1.82, 2.24) is 5.32 Å². The van der Waals surface area contributed by atoms with Crippen LogP contribution in [0.2, 0.25) is 0 Å². The van der Waals surface area contributed by atoms with E-state index in [2.05, 4.69) is 24.4 Å². The van der Waals surface area contributed by atoms with Gasteiger partial charge in [-0.25, -0.2) is 0 Å². The summed E-state index contributed by atoms with van der Waals surface area (Å²) in [5, 5.41) is 3.06. The summed E-state index contributed by atoms with van der Waals surface area (Å²) in [6.45, 7) is 2.17. The summed E-state index contributed by atoms with van der Waals surface area (Å²) in [4.78, 5) is 11.6. The fraction of sp³-hybridized carbons (Fsp3) is 0.562. The molecule has 0 heterocycles. The van der Waals surface area contributed by atoms with Crippen LogP contribution < -0.4 is 15.8 Å². The highest BCUT2D eigenvalue weighted by molar-refractivity contribution is 5.85. The number of primary amides is 1. The van der Waals surface area contributed by atoms with Gasteiger partial charge in [0.25, 0.3) is 0 Å². The molecule has 110 valence electrons. The zero-order valence-corrected chi connectivity index (χ0v) is 12.3. The van der Waals surface area contributed by atoms with Gasteiger partial charge in [0.2, 0.25) is 5.91 Å². The Balaban J connectivity index is 1.96. The first-order valence-electron chi connectivity index (χ1n) is 7.34. The highest BCUT2D eigenvalue weighted by atomic mass is 16.5. The molecule has 0 aromatic heterocycles. The maximum Gasteiger partial charge on any atom is 0.237 e. The van der Waals surface area contributed by atoms with E-state index in [1.165, 1.54) is 5.56 Å². The summed E-state index contributed by atoms with van der Waals surface area (Å²) in [7, 11) is 1.78. The number of nitrogens with one attached hydrogen (secondary N) is 1. The largest absolute Gasteiger partial charge is 0.490 e. The van der Waals surface area contributed by atoms with Crippen molar-refractivity contribution in [2.75, 3.05) is 7.05 Å². The molecule has 0 spiro atoms. The van der Waals surface area contributed by atoms with Crippen LogP contribution in [-0.4, -0.2) is 24.6 Å². The molecule has 1 aromatic carbocycles. The molecular weight excluding hydrogens is 252 g/mol. The summed E-state index contributed by atoms with van der Waals surface area (Å²) < 4.78 is 5.97. The summed E-state index contributed by atoms with van der Waals surface area (Å²) in [5.74, 6) is 0.579. The lowest BCUT2D eigenvalue weighted by Crippen LogP contribution is -2.52. The number of amides is 1. The Morgan fingerprint density at radius 3 is 2.65 bits per heavy atom. The van der Waals surface area contributed by atoms with Crippen LogP contribution in [0.1, 0.15) is 38.2 Å². The lowest BCUT2D eigenvalue weighted by Gasteiger charge is -2.24. The molecule has 1 aromatic rings. The quantitative estimate of drug-likeness (QED) is 0.835. The third-order valence-electron chi connectivity index (χ3n) is 4.18. The summed E-state index contributed by atoms with van der Waals surface area (Å²) in [6, 6.07) is 8.23. The van der Waals surface area contributed by atoms with Crippen molar-refractivity contribution >= 4 is 5.91 Å². The molecule has 0 aliphatic heterocycles. The molecule has 0 radical (unpaired) electrons. The van der Waals surface area contributed by atoms with Crippen molar-refractivity contribution in [2.24, 2.45) is 5.73 Å². The van der Waals surface area contributed by atoms with E-state index in [0.29, 0.717) is 6.42 Å². The number of aryl methyl sites for hydroxylation is 1. The standard InChI is InChI=1S/C16H24N2O2/c1-3-4-12-5-7-13(8-6-12)20-14-9-10-16(11-14,18-2)15(17)19/h5-8,14,18H,3-4,9-11H2,1-2H3,(H2,17,19). The molecule has 20 heavy (non-hydrogen) atoms. The molecule has 1 fully saturated rings. The van der Waals surface area contributed by atoms with Gasteiger partial charge in [-0.05, 0) is 44.0 Å². The van der Waals surface area contributed by atoms with E-state index in [9.17, 15) is 4.79 Å². The minimum absolute atomic E-state index is 0.0481. The predicted molar refractivity (Wildman–Crippen MR) is 79.7 cm³/mol. The molecule has 2 unspecified atom stereocenters. The summed E-state index contributed by atoms with van der Waals surface area (Å²) in [6.07, 6.45) is 4.50. The highest BCUT2D eigenvalue weighted by Crippen LogP contribution is 2.32. The lowest BCUT2D eigenvalue weighted by molar-refractivity contribution is -0.124. The van der Waals surface area contributed by atoms with E-state index in [1.807, 2.05) is 12.1 Å². The van der Waals surface area contributed by atoms with Gasteiger partial charge in [-0.2, -0.15) is 0 Å². The Hall–Kier alpha value is -1.55. The minimum atomic E-state index is -0.604. The normalized spacial score (nSPS) is 25.6. The van der Waals surface area contributed by atoms with Crippen LogP contribution >= 0.6 is 0 Å². The highest BCUT2D eigenvalue weighted by Gasteiger charge is 2.43. The Labute approximate surface area is 120 Å². The predicted octanol–water partition coefficient (Wildman–Crippen LogP) is 2.01. The second-order valence-corrected chi connectivity index (χ2v) is 5.57. The van der Waals surface area contributed by atoms with Crippen LogP contribution in [-0.2, 0) is 11.2 Å². The summed E-state index contributed by atoms with van der Waals surface area (Å²) in [5.41, 5.74) is 6.22. The van der Waals surface area contributed by atoms with Gasteiger partial charge in [0.05, 0.1) is 0 Å². The van der Waals surface area contributed by atoms with E-state index in [-0.39, 0.29) is 12.0 Å². The fourth-order valence-electron chi connectivity index (χ4n) is 2.89. The molecule has 0 saturated heterocycles. The first-order valence-corrected chi connectivity index (χ1v) is 7.34. The zero-order valence-electron chi connectivity index (χ0n) is 12.3. The second kappa shape index (κ2) is 6.27. The number of nitrogens with two attached hydrogens (primary N) is 1. The molecule has 1 amide bonds. The first kappa shape index (κ1) is 14.9. The third kappa shape index (κ3) is 3.12. The lowest BCUT2D eigenvalue weighted by atomic mass is 9.97. The van der Waals surface area contributed by atoms with Gasteiger partial charge in [-0.1, -0.05) is 25.5 Å². The van der Waals surface area contributed by atoms with Crippen molar-refractivity contribution in [3.05, 3.63) is 29.8 Å². The molecule has 4 heteroatoms. The van der Waals surface area contributed by atoms with Crippen LogP contribution in [0, 0.1) is 0 Å². The molecule has 1 aliphatic carbocycles. The molecular formula is C16H24N2O2. The smallest absolute Gasteiger partial charge is 0.237 e. The average Bonchev–Trinajstić information content (AvgIpc) is 2.86. The van der Waals surface area contributed by atoms with Crippen LogP contribution in [0.5, 0.6) is 5.75 Å². The molecule has 4 nitrogen and oxygen atoms in total. The number of carbonyl (C=O) groups excluding carboxylic acids is 1. The van der Waals surface area contributed by atoms with Crippen LogP contribution in [0.4, 0.5) is 0 Å². The van der Waals surface area contributed by atoms with Crippen molar-refractivity contribution in [2.45, 2.75) is 50.7 Å². The van der Waals surface area contributed by atoms with Gasteiger partial charge in [0.15, 0.2) is 0 Å². The van der Waals surface area contributed by atoms with Gasteiger partial charge >= 0.3 is 0 Å². The number of carbonyl (C=O) groups is 1. The van der Waals surface area contributed by atoms with Crippen LogP contribution in [0.15, 0.2) is 24.3 Å². The average molecular weight is 276 g/mol. The minimum Gasteiger partial charge on any atom is -0.490 e. The van der Waals surface area contributed by atoms with E-state index >= 15 is 0 Å². The fourth-order valence-corrected chi connectivity index (χ4v) is 2.89. The molecule has 3 N–H and O–H groups in total. The monoisotopic (exact) mass is 276 g/mol. The van der Waals surface area contributed by atoms with Crippen molar-refractivity contribution in [1.29, 1.82) is 0 Å². The molecule has 0 bridgehead atoms. The number of hydrogen-bond acceptors (Lipinski definition) is 3. The number of likely N-dealkylation sites (N-methyl/N-ethyl adjacent to an activating group) is 1. The van der Waals surface area contributed by atoms with E-state index in [0.717, 1.165) is 31.4 Å². The maximum absolute atomic E-state index is 11.6. The molecule has 1 aliphatic rings. The topological polar surface area (TPSA) is 64.3 Å². The molecule has 1 saturated carbocycles. The zero-order chi connectivity index (χ0) is 14.6. The Morgan fingerprint density at radius 1 is 1.45 bits per heavy atom. The summed E-state index contributed by atoms with van der Waals surface area (Å²) >= 11 is 0. The van der Waals surface area contributed by atoms with Crippen LogP contribution in [0.25, 0.3) is 0 Å². The number of ether oxygens (including phenoxy) is 1. The SMILES string of the molecule is CCCc1ccc(OC2CCC(NC)(C(N)=O)C2)cc1. The first-order chi connectivity index (χ1) is 9.59. The third-order valence-corrected chi connectivity index (χ3v) is 4.18. The Kier molecular flexibility index (Phi) is 4.65. The van der Waals surface area contributed by atoms with Crippen molar-refractivity contribution in [3.63, 3.8) is 0 Å². The Bertz CT molecular complexity index is 458. The van der Waals surface area contributed by atoms with E-state index in [1.54, 1.807) is 7.05 Å². The van der Waals surface area contributed by atoms with E-state index in [4.69, 9.17) is 10.5 Å². The van der Waals surface area contributed by atoms with Crippen molar-refractivity contribution in [3.8, 4) is 5.75 Å². The van der Waals surface area contributed by atoms with Gasteiger partial charge < -0.3 is 15.8 Å². The molecule has 2 rings (SSSR count). The van der Waals surface area contributed by atoms with Crippen molar-refractivity contribution < 1.29 is 9.53 Å². The Morgan fingerprint density at radius 2 is 2.15 bits per heavy atom. The number of benzene rings is 1. The maximum atomic E-state index is 11.6. The number of rotatable bonds is 6. The van der Waals surface area contributed by atoms with E-state index < -0.39 is 5.54 Å². The molecule has 2 atom stereocenters. The number of hydrogen-bond donors (Lipinski definition) is 2. The second-order valence-electron chi connectivity index (χ2n) is 5.57. The van der Waals surface area contributed by atoms with Gasteiger partial charge in [-0.15, -0.1) is 0 Å². The van der Waals surface area contributed by atoms with Gasteiger partial charge in [0.1, 0.15) is 17.4 Å². The van der Waals surface area contributed by atoms with Gasteiger partial charge in [0, 0.05) is 6.42 Å².